The quantitative estimate of drug-likeness (QED) is 0.901. The number of nitrogens with two attached hydrogens (primary N) is 1. The predicted molar refractivity (Wildman–Crippen MR) is 73.8 cm³/mol. The molecule has 2 heterocycles. The maximum absolute atomic E-state index is 8.99. The van der Waals surface area contributed by atoms with Crippen molar-refractivity contribution >= 4 is 44.3 Å². The summed E-state index contributed by atoms with van der Waals surface area (Å²) in [6.07, 6.45) is 0.851. The second-order valence-electron chi connectivity index (χ2n) is 3.22. The van der Waals surface area contributed by atoms with E-state index in [0.29, 0.717) is 10.6 Å². The summed E-state index contributed by atoms with van der Waals surface area (Å²) in [5.74, 6) is 0. The molecule has 0 aliphatic rings. The van der Waals surface area contributed by atoms with Gasteiger partial charge in [0.2, 0.25) is 0 Å². The van der Waals surface area contributed by atoms with Crippen LogP contribution in [0.25, 0.3) is 9.75 Å². The lowest BCUT2D eigenvalue weighted by Crippen LogP contribution is -1.90. The number of rotatable bonds is 2. The van der Waals surface area contributed by atoms with E-state index in [2.05, 4.69) is 28.9 Å². The van der Waals surface area contributed by atoms with E-state index in [1.54, 1.807) is 11.3 Å². The van der Waals surface area contributed by atoms with Crippen LogP contribution in [-0.4, -0.2) is 0 Å². The van der Waals surface area contributed by atoms with Gasteiger partial charge < -0.3 is 5.73 Å². The highest BCUT2D eigenvalue weighted by atomic mass is 79.9. The van der Waals surface area contributed by atoms with Gasteiger partial charge in [0, 0.05) is 4.47 Å². The minimum Gasteiger partial charge on any atom is -0.397 e. The van der Waals surface area contributed by atoms with Gasteiger partial charge in [-0.25, -0.2) is 0 Å². The van der Waals surface area contributed by atoms with Crippen molar-refractivity contribution < 1.29 is 0 Å². The van der Waals surface area contributed by atoms with Crippen molar-refractivity contribution in [3.05, 3.63) is 26.4 Å². The Morgan fingerprint density at radius 2 is 2.25 bits per heavy atom. The third-order valence-electron chi connectivity index (χ3n) is 2.33. The highest BCUT2D eigenvalue weighted by Crippen LogP contribution is 2.43. The van der Waals surface area contributed by atoms with E-state index in [0.717, 1.165) is 26.2 Å². The normalized spacial score (nSPS) is 10.3. The van der Waals surface area contributed by atoms with E-state index in [9.17, 15) is 0 Å². The van der Waals surface area contributed by atoms with Crippen LogP contribution in [0.2, 0.25) is 0 Å². The lowest BCUT2D eigenvalue weighted by Gasteiger charge is -2.00. The van der Waals surface area contributed by atoms with Gasteiger partial charge in [0.05, 0.1) is 15.4 Å². The van der Waals surface area contributed by atoms with Crippen molar-refractivity contribution in [3.8, 4) is 15.8 Å². The van der Waals surface area contributed by atoms with Gasteiger partial charge in [-0.2, -0.15) is 5.26 Å². The van der Waals surface area contributed by atoms with Crippen LogP contribution in [0.15, 0.2) is 15.9 Å². The molecule has 2 rings (SSSR count). The Balaban J connectivity index is 2.67. The fraction of sp³-hybridized carbons (Fsp3) is 0.182. The summed E-state index contributed by atoms with van der Waals surface area (Å²) in [5, 5.41) is 11.0. The molecular formula is C11H9BrN2S2. The van der Waals surface area contributed by atoms with Crippen LogP contribution in [0.5, 0.6) is 0 Å². The van der Waals surface area contributed by atoms with Crippen LogP contribution in [0.4, 0.5) is 5.69 Å². The topological polar surface area (TPSA) is 49.8 Å². The number of halogens is 1. The Morgan fingerprint density at radius 1 is 1.50 bits per heavy atom. The summed E-state index contributed by atoms with van der Waals surface area (Å²) >= 11 is 6.66. The lowest BCUT2D eigenvalue weighted by atomic mass is 10.1. The van der Waals surface area contributed by atoms with Gasteiger partial charge in [-0.1, -0.05) is 6.92 Å². The van der Waals surface area contributed by atoms with Gasteiger partial charge in [0.1, 0.15) is 10.9 Å². The molecule has 2 aromatic rings. The Bertz CT molecular complexity index is 563. The Labute approximate surface area is 110 Å². The number of nitrogen functional groups attached to an aromatic ring is 1. The van der Waals surface area contributed by atoms with E-state index >= 15 is 0 Å². The van der Waals surface area contributed by atoms with Crippen molar-refractivity contribution in [1.29, 1.82) is 5.26 Å². The van der Waals surface area contributed by atoms with Gasteiger partial charge in [-0.05, 0) is 39.4 Å². The molecule has 2 N–H and O–H groups in total. The molecule has 0 aliphatic heterocycles. The summed E-state index contributed by atoms with van der Waals surface area (Å²) in [7, 11) is 0. The average Bonchev–Trinajstić information content (AvgIpc) is 2.82. The second kappa shape index (κ2) is 4.58. The first-order chi connectivity index (χ1) is 7.69. The molecule has 0 aliphatic carbocycles. The molecule has 0 bridgehead atoms. The Hall–Kier alpha value is -0.830. The SMILES string of the molecule is CCc1c(-c2sccc2Br)sc(C#N)c1N. The molecule has 2 aromatic heterocycles. The average molecular weight is 313 g/mol. The minimum atomic E-state index is 0.618. The monoisotopic (exact) mass is 312 g/mol. The van der Waals surface area contributed by atoms with E-state index < -0.39 is 0 Å². The zero-order valence-electron chi connectivity index (χ0n) is 8.58. The third kappa shape index (κ3) is 1.77. The number of anilines is 1. The van der Waals surface area contributed by atoms with Gasteiger partial charge in [0.15, 0.2) is 0 Å². The van der Waals surface area contributed by atoms with Gasteiger partial charge in [-0.3, -0.25) is 0 Å². The maximum atomic E-state index is 8.99. The van der Waals surface area contributed by atoms with Crippen LogP contribution in [0, 0.1) is 11.3 Å². The highest BCUT2D eigenvalue weighted by molar-refractivity contribution is 9.10. The number of thiophene rings is 2. The molecule has 0 spiro atoms. The van der Waals surface area contributed by atoms with E-state index in [-0.39, 0.29) is 0 Å². The van der Waals surface area contributed by atoms with E-state index in [4.69, 9.17) is 11.0 Å². The Morgan fingerprint density at radius 3 is 2.75 bits per heavy atom. The lowest BCUT2D eigenvalue weighted by molar-refractivity contribution is 1.16. The molecule has 0 atom stereocenters. The first-order valence-corrected chi connectivity index (χ1v) is 7.22. The van der Waals surface area contributed by atoms with Gasteiger partial charge in [0.25, 0.3) is 0 Å². The molecule has 0 saturated carbocycles. The van der Waals surface area contributed by atoms with E-state index in [1.165, 1.54) is 11.3 Å². The van der Waals surface area contributed by atoms with Gasteiger partial charge >= 0.3 is 0 Å². The van der Waals surface area contributed by atoms with Crippen LogP contribution in [0.3, 0.4) is 0 Å². The molecule has 0 fully saturated rings. The first kappa shape index (κ1) is 11.6. The zero-order valence-corrected chi connectivity index (χ0v) is 11.8. The molecule has 16 heavy (non-hydrogen) atoms. The molecule has 0 aromatic carbocycles. The first-order valence-electron chi connectivity index (χ1n) is 4.73. The highest BCUT2D eigenvalue weighted by Gasteiger charge is 2.18. The van der Waals surface area contributed by atoms with Crippen molar-refractivity contribution in [2.45, 2.75) is 13.3 Å². The molecule has 82 valence electrons. The van der Waals surface area contributed by atoms with Crippen LogP contribution >= 0.6 is 38.6 Å². The molecule has 0 unspecified atom stereocenters. The molecule has 2 nitrogen and oxygen atoms in total. The standard InChI is InChI=1S/C11H9BrN2S2/c1-2-6-9(14)8(5-13)16-10(6)11-7(12)3-4-15-11/h3-4H,2,14H2,1H3. The van der Waals surface area contributed by atoms with Crippen molar-refractivity contribution in [3.63, 3.8) is 0 Å². The number of hydrogen-bond acceptors (Lipinski definition) is 4. The maximum Gasteiger partial charge on any atom is 0.128 e. The summed E-state index contributed by atoms with van der Waals surface area (Å²) in [6.45, 7) is 2.06. The molecule has 0 amide bonds. The predicted octanol–water partition coefficient (Wildman–Crippen LogP) is 4.26. The summed E-state index contributed by atoms with van der Waals surface area (Å²) < 4.78 is 1.07. The largest absolute Gasteiger partial charge is 0.397 e. The number of nitrogens with zero attached hydrogens (tertiary/aromatic N) is 1. The fourth-order valence-corrected chi connectivity index (χ4v) is 4.55. The van der Waals surface area contributed by atoms with Crippen LogP contribution < -0.4 is 5.73 Å². The van der Waals surface area contributed by atoms with Crippen LogP contribution in [0.1, 0.15) is 17.4 Å². The summed E-state index contributed by atoms with van der Waals surface area (Å²) in [5.41, 5.74) is 7.69. The Kier molecular flexibility index (Phi) is 3.33. The minimum absolute atomic E-state index is 0.618. The van der Waals surface area contributed by atoms with Crippen LogP contribution in [-0.2, 0) is 6.42 Å². The third-order valence-corrected chi connectivity index (χ3v) is 5.48. The summed E-state index contributed by atoms with van der Waals surface area (Å²) in [4.78, 5) is 2.90. The summed E-state index contributed by atoms with van der Waals surface area (Å²) in [6, 6.07) is 4.17. The van der Waals surface area contributed by atoms with E-state index in [1.807, 2.05) is 11.4 Å². The van der Waals surface area contributed by atoms with Crippen molar-refractivity contribution in [2.75, 3.05) is 5.73 Å². The second-order valence-corrected chi connectivity index (χ2v) is 6.01. The molecule has 5 heteroatoms. The molecule has 0 saturated heterocycles. The smallest absolute Gasteiger partial charge is 0.128 e. The molecular weight excluding hydrogens is 304 g/mol. The zero-order chi connectivity index (χ0) is 11.7. The number of hydrogen-bond donors (Lipinski definition) is 1. The molecule has 0 radical (unpaired) electrons. The fourth-order valence-electron chi connectivity index (χ4n) is 1.55. The number of nitriles is 1. The van der Waals surface area contributed by atoms with Crippen molar-refractivity contribution in [2.24, 2.45) is 0 Å². The van der Waals surface area contributed by atoms with Crippen molar-refractivity contribution in [1.82, 2.24) is 0 Å². The van der Waals surface area contributed by atoms with Gasteiger partial charge in [-0.15, -0.1) is 22.7 Å².